The summed E-state index contributed by atoms with van der Waals surface area (Å²) in [6.45, 7) is 23.9. The van der Waals surface area contributed by atoms with E-state index < -0.39 is 17.4 Å². The maximum atomic E-state index is 14.3. The summed E-state index contributed by atoms with van der Waals surface area (Å²) in [4.78, 5) is 44.1. The lowest BCUT2D eigenvalue weighted by molar-refractivity contribution is -0.233. The number of hydrogen-bond acceptors (Lipinski definition) is 6. The van der Waals surface area contributed by atoms with Gasteiger partial charge in [0.1, 0.15) is 6.10 Å². The molecule has 0 radical (unpaired) electrons. The largest absolute Gasteiger partial charge is 0.481 e. The quantitative estimate of drug-likeness (QED) is 0.199. The number of nitrogens with zero attached hydrogens (tertiary/aromatic N) is 2. The molecule has 1 unspecified atom stereocenters. The van der Waals surface area contributed by atoms with E-state index in [0.717, 1.165) is 88.1 Å². The minimum atomic E-state index is -1.15. The van der Waals surface area contributed by atoms with Crippen LogP contribution in [-0.2, 0) is 25.7 Å². The van der Waals surface area contributed by atoms with Crippen LogP contribution < -0.4 is 0 Å². The molecule has 1 aromatic carbocycles. The van der Waals surface area contributed by atoms with Gasteiger partial charge in [0.25, 0.3) is 0 Å². The smallest absolute Gasteiger partial charge is 0.309 e. The van der Waals surface area contributed by atoms with Crippen LogP contribution in [0, 0.1) is 56.2 Å². The third kappa shape index (κ3) is 7.46. The van der Waals surface area contributed by atoms with E-state index >= 15 is 0 Å². The maximum absolute atomic E-state index is 14.3. The lowest BCUT2D eigenvalue weighted by Crippen LogP contribution is -2.65. The number of ketones is 1. The lowest BCUT2D eigenvalue weighted by Gasteiger charge is -2.72. The molecular formula is C48H73ClN2O5. The second-order valence-corrected chi connectivity index (χ2v) is 22.1. The van der Waals surface area contributed by atoms with E-state index in [1.165, 1.54) is 12.0 Å². The Morgan fingerprint density at radius 3 is 2.20 bits per heavy atom. The van der Waals surface area contributed by atoms with Crippen LogP contribution in [0.4, 0.5) is 0 Å². The van der Waals surface area contributed by atoms with Crippen LogP contribution in [0.15, 0.2) is 35.4 Å². The van der Waals surface area contributed by atoms with Crippen LogP contribution >= 0.6 is 11.6 Å². The average Bonchev–Trinajstić information content (AvgIpc) is 3.40. The molecule has 0 bridgehead atoms. The monoisotopic (exact) mass is 793 g/mol. The molecule has 0 aliphatic heterocycles. The summed E-state index contributed by atoms with van der Waals surface area (Å²) in [5, 5.41) is 10.4. The van der Waals surface area contributed by atoms with Gasteiger partial charge < -0.3 is 14.7 Å². The van der Waals surface area contributed by atoms with E-state index in [4.69, 9.17) is 16.3 Å². The number of fused-ring (bicyclic) bond motifs is 7. The summed E-state index contributed by atoms with van der Waals surface area (Å²) >= 11 is 6.26. The summed E-state index contributed by atoms with van der Waals surface area (Å²) in [5.74, 6) is 0.614. The Balaban J connectivity index is 1.26. The highest BCUT2D eigenvalue weighted by Gasteiger charge is 2.70. The molecule has 0 saturated heterocycles. The van der Waals surface area contributed by atoms with Crippen LogP contribution in [0.3, 0.4) is 0 Å². The number of benzene rings is 1. The van der Waals surface area contributed by atoms with Crippen LogP contribution in [-0.4, -0.2) is 72.5 Å². The SMILES string of the molecule is CC(C)C1=C2[C@H]3CC[C@@H]4[C@@]5(C)CC[C@H](OC(=O)CC(C)(C)C(=O)O)C(C)(C)C5CC[C@@]4(C)[C@]3(C)CC[C@@]2(CCN(CCN(C)C)Cc2ccc(Cl)cc2)CC1=O. The Labute approximate surface area is 343 Å². The molecule has 5 aliphatic carbocycles. The molecule has 8 atom stereocenters. The molecular weight excluding hydrogens is 720 g/mol. The van der Waals surface area contributed by atoms with Crippen LogP contribution in [0.25, 0.3) is 0 Å². The number of ether oxygens (including phenoxy) is 1. The fourth-order valence-corrected chi connectivity index (χ4v) is 13.8. The number of halogens is 1. The first-order valence-electron chi connectivity index (χ1n) is 21.8. The van der Waals surface area contributed by atoms with Crippen molar-refractivity contribution in [2.45, 2.75) is 146 Å². The summed E-state index contributed by atoms with van der Waals surface area (Å²) in [5.41, 5.74) is 2.89. The van der Waals surface area contributed by atoms with Crippen molar-refractivity contribution in [2.75, 3.05) is 33.7 Å². The van der Waals surface area contributed by atoms with Gasteiger partial charge in [0.05, 0.1) is 11.8 Å². The third-order valence-corrected chi connectivity index (χ3v) is 17.3. The molecule has 1 aromatic rings. The fraction of sp³-hybridized carbons (Fsp3) is 0.771. The van der Waals surface area contributed by atoms with E-state index in [9.17, 15) is 19.5 Å². The zero-order chi connectivity index (χ0) is 41.2. The molecule has 56 heavy (non-hydrogen) atoms. The molecule has 0 amide bonds. The molecule has 0 heterocycles. The highest BCUT2D eigenvalue weighted by atomic mass is 35.5. The number of carbonyl (C=O) groups excluding carboxylic acids is 2. The van der Waals surface area contributed by atoms with Crippen molar-refractivity contribution in [3.8, 4) is 0 Å². The van der Waals surface area contributed by atoms with E-state index in [-0.39, 0.29) is 45.5 Å². The number of Topliss-reactive ketones (excluding diaryl/α,β-unsaturated/α-hetero) is 1. The Hall–Kier alpha value is -2.22. The van der Waals surface area contributed by atoms with Crippen molar-refractivity contribution in [3.63, 3.8) is 0 Å². The number of carboxylic acid groups (broad SMARTS) is 1. The summed E-state index contributed by atoms with van der Waals surface area (Å²) < 4.78 is 6.21. The zero-order valence-corrected chi connectivity index (χ0v) is 37.4. The first-order chi connectivity index (χ1) is 26.0. The Bertz CT molecular complexity index is 1700. The number of likely N-dealkylation sites (N-methyl/N-ethyl adjacent to an activating group) is 1. The van der Waals surface area contributed by atoms with E-state index in [0.29, 0.717) is 30.0 Å². The maximum Gasteiger partial charge on any atom is 0.309 e. The second kappa shape index (κ2) is 15.4. The normalized spacial score (nSPS) is 35.3. The van der Waals surface area contributed by atoms with Crippen LogP contribution in [0.2, 0.25) is 5.02 Å². The topological polar surface area (TPSA) is 87.2 Å². The van der Waals surface area contributed by atoms with E-state index in [1.807, 2.05) is 12.1 Å². The third-order valence-electron chi connectivity index (χ3n) is 17.0. The molecule has 4 fully saturated rings. The lowest BCUT2D eigenvalue weighted by atomic mass is 9.33. The minimum absolute atomic E-state index is 0.0688. The Kier molecular flexibility index (Phi) is 11.9. The predicted octanol–water partition coefficient (Wildman–Crippen LogP) is 10.5. The van der Waals surface area contributed by atoms with Crippen molar-refractivity contribution in [1.29, 1.82) is 0 Å². The number of carbonyl (C=O) groups is 3. The summed E-state index contributed by atoms with van der Waals surface area (Å²) in [6.07, 6.45) is 9.97. The summed E-state index contributed by atoms with van der Waals surface area (Å²) in [6, 6.07) is 8.28. The van der Waals surface area contributed by atoms with Gasteiger partial charge in [-0.25, -0.2) is 0 Å². The van der Waals surface area contributed by atoms with E-state index in [1.54, 1.807) is 19.4 Å². The van der Waals surface area contributed by atoms with Crippen molar-refractivity contribution in [2.24, 2.45) is 56.2 Å². The molecule has 7 nitrogen and oxygen atoms in total. The molecule has 5 aliphatic rings. The molecule has 6 rings (SSSR count). The molecule has 8 heteroatoms. The first-order valence-corrected chi connectivity index (χ1v) is 22.2. The van der Waals surface area contributed by atoms with Crippen molar-refractivity contribution in [1.82, 2.24) is 9.80 Å². The number of allylic oxidation sites excluding steroid dienone is 2. The van der Waals surface area contributed by atoms with Gasteiger partial charge in [-0.05, 0) is 155 Å². The molecule has 4 saturated carbocycles. The van der Waals surface area contributed by atoms with Gasteiger partial charge in [-0.3, -0.25) is 19.3 Å². The second-order valence-electron chi connectivity index (χ2n) is 21.6. The van der Waals surface area contributed by atoms with Gasteiger partial charge in [0.2, 0.25) is 0 Å². The van der Waals surface area contributed by atoms with Crippen LogP contribution in [0.5, 0.6) is 0 Å². The number of hydrogen-bond donors (Lipinski definition) is 1. The molecule has 312 valence electrons. The van der Waals surface area contributed by atoms with Gasteiger partial charge >= 0.3 is 11.9 Å². The van der Waals surface area contributed by atoms with Crippen molar-refractivity contribution >= 4 is 29.3 Å². The van der Waals surface area contributed by atoms with Gasteiger partial charge in [-0.1, -0.05) is 77.8 Å². The van der Waals surface area contributed by atoms with Crippen LogP contribution in [0.1, 0.15) is 139 Å². The number of esters is 1. The van der Waals surface area contributed by atoms with Gasteiger partial charge in [0.15, 0.2) is 5.78 Å². The van der Waals surface area contributed by atoms with Crippen molar-refractivity contribution in [3.05, 3.63) is 46.0 Å². The zero-order valence-electron chi connectivity index (χ0n) is 36.7. The van der Waals surface area contributed by atoms with E-state index in [2.05, 4.69) is 84.5 Å². The summed E-state index contributed by atoms with van der Waals surface area (Å²) in [7, 11) is 4.29. The number of aliphatic carboxylic acids is 1. The first kappa shape index (κ1) is 43.4. The highest BCUT2D eigenvalue weighted by Crippen LogP contribution is 2.77. The van der Waals surface area contributed by atoms with Crippen molar-refractivity contribution < 1.29 is 24.2 Å². The predicted molar refractivity (Wildman–Crippen MR) is 225 cm³/mol. The number of carboxylic acids is 1. The Morgan fingerprint density at radius 1 is 0.893 bits per heavy atom. The number of rotatable bonds is 13. The standard InChI is InChI=1S/C48H73ClN2O5/c1-31(2)40-35(52)28-48(24-25-51(27-26-50(10)11)30-32-12-14-33(49)15-13-32)23-22-46(8)34(41(40)48)16-17-37-45(7)20-19-38(56-39(53)29-43(3,4)42(54)55)44(5,6)36(45)18-21-47(37,46)9/h12-15,31,34,36-38H,16-30H2,1-11H3,(H,54,55)/t34-,36?,37-,38+,45+,46-,47-,48-/m1/s1. The highest BCUT2D eigenvalue weighted by molar-refractivity contribution is 6.30. The van der Waals surface area contributed by atoms with Gasteiger partial charge in [-0.2, -0.15) is 0 Å². The molecule has 0 aromatic heterocycles. The molecule has 0 spiro atoms. The van der Waals surface area contributed by atoms with Gasteiger partial charge in [-0.15, -0.1) is 0 Å². The fourth-order valence-electron chi connectivity index (χ4n) is 13.7. The molecule has 1 N–H and O–H groups in total. The Morgan fingerprint density at radius 2 is 1.57 bits per heavy atom. The van der Waals surface area contributed by atoms with Gasteiger partial charge in [0, 0.05) is 41.9 Å². The average molecular weight is 794 g/mol. The minimum Gasteiger partial charge on any atom is -0.481 e.